The Morgan fingerprint density at radius 3 is 2.50 bits per heavy atom. The molecular formula is C23H26ClN3O3. The molecule has 0 spiro atoms. The third-order valence-electron chi connectivity index (χ3n) is 4.99. The van der Waals surface area contributed by atoms with E-state index in [9.17, 15) is 9.59 Å². The Balaban J connectivity index is 1.56. The van der Waals surface area contributed by atoms with Crippen LogP contribution in [0.2, 0.25) is 5.02 Å². The number of likely N-dealkylation sites (N-methyl/N-ethyl adjacent to an activating group) is 1. The molecule has 0 bridgehead atoms. The highest BCUT2D eigenvalue weighted by Crippen LogP contribution is 2.29. The fourth-order valence-electron chi connectivity index (χ4n) is 3.17. The Hall–Kier alpha value is -2.83. The fraction of sp³-hybridized carbons (Fsp3) is 0.304. The van der Waals surface area contributed by atoms with E-state index in [0.29, 0.717) is 34.1 Å². The van der Waals surface area contributed by atoms with Crippen molar-refractivity contribution in [1.82, 2.24) is 10.2 Å². The molecule has 1 aliphatic rings. The van der Waals surface area contributed by atoms with Crippen molar-refractivity contribution in [2.45, 2.75) is 13.8 Å². The molecular weight excluding hydrogens is 402 g/mol. The van der Waals surface area contributed by atoms with Gasteiger partial charge in [0.2, 0.25) is 0 Å². The number of ether oxygens (including phenoxy) is 1. The molecule has 0 radical (unpaired) electrons. The van der Waals surface area contributed by atoms with Gasteiger partial charge in [-0.3, -0.25) is 9.59 Å². The van der Waals surface area contributed by atoms with Crippen molar-refractivity contribution in [2.24, 2.45) is 0 Å². The van der Waals surface area contributed by atoms with E-state index in [1.807, 2.05) is 0 Å². The number of nitrogens with zero attached hydrogens (tertiary/aromatic N) is 1. The van der Waals surface area contributed by atoms with Gasteiger partial charge in [0.15, 0.2) is 0 Å². The number of carbonyl (C=O) groups is 2. The Morgan fingerprint density at radius 2 is 1.80 bits per heavy atom. The summed E-state index contributed by atoms with van der Waals surface area (Å²) in [6.07, 6.45) is 1.78. The van der Waals surface area contributed by atoms with Crippen LogP contribution in [0.3, 0.4) is 0 Å². The fourth-order valence-corrected chi connectivity index (χ4v) is 3.35. The van der Waals surface area contributed by atoms with Crippen molar-refractivity contribution in [1.29, 1.82) is 0 Å². The van der Waals surface area contributed by atoms with Crippen LogP contribution in [-0.4, -0.2) is 49.5 Å². The minimum absolute atomic E-state index is 0.128. The summed E-state index contributed by atoms with van der Waals surface area (Å²) >= 11 is 6.02. The van der Waals surface area contributed by atoms with Crippen molar-refractivity contribution < 1.29 is 14.3 Å². The average Bonchev–Trinajstić information content (AvgIpc) is 2.76. The number of anilines is 1. The molecule has 2 aromatic rings. The normalized spacial score (nSPS) is 12.6. The van der Waals surface area contributed by atoms with Crippen LogP contribution < -0.4 is 15.4 Å². The third-order valence-corrected chi connectivity index (χ3v) is 5.22. The number of rotatable bonds is 8. The summed E-state index contributed by atoms with van der Waals surface area (Å²) in [6.45, 7) is 7.72. The van der Waals surface area contributed by atoms with Gasteiger partial charge in [-0.2, -0.15) is 0 Å². The first-order chi connectivity index (χ1) is 14.5. The summed E-state index contributed by atoms with van der Waals surface area (Å²) in [4.78, 5) is 27.1. The van der Waals surface area contributed by atoms with Crippen molar-refractivity contribution in [2.75, 3.05) is 38.1 Å². The number of hydrogen-bond donors (Lipinski definition) is 2. The van der Waals surface area contributed by atoms with Crippen LogP contribution in [0.25, 0.3) is 6.08 Å². The number of hydrogen-bond acceptors (Lipinski definition) is 4. The molecule has 0 aliphatic carbocycles. The number of halogens is 1. The van der Waals surface area contributed by atoms with Crippen LogP contribution in [0.1, 0.15) is 29.8 Å². The maximum Gasteiger partial charge on any atom is 0.255 e. The Bertz CT molecular complexity index is 937. The molecule has 0 fully saturated rings. The van der Waals surface area contributed by atoms with Crippen molar-refractivity contribution in [3.63, 3.8) is 0 Å². The number of fused-ring (bicyclic) bond motifs is 1. The van der Waals surface area contributed by atoms with E-state index in [-0.39, 0.29) is 18.4 Å². The van der Waals surface area contributed by atoms with Gasteiger partial charge in [0, 0.05) is 34.9 Å². The Kier molecular flexibility index (Phi) is 7.49. The molecule has 158 valence electrons. The van der Waals surface area contributed by atoms with Crippen molar-refractivity contribution >= 4 is 35.2 Å². The van der Waals surface area contributed by atoms with E-state index in [1.54, 1.807) is 48.5 Å². The first-order valence-electron chi connectivity index (χ1n) is 10.0. The lowest BCUT2D eigenvalue weighted by molar-refractivity contribution is -0.113. The van der Waals surface area contributed by atoms with Gasteiger partial charge < -0.3 is 20.3 Å². The molecule has 0 saturated heterocycles. The molecule has 6 nitrogen and oxygen atoms in total. The second-order valence-electron chi connectivity index (χ2n) is 6.95. The lowest BCUT2D eigenvalue weighted by Gasteiger charge is -2.18. The van der Waals surface area contributed by atoms with Crippen LogP contribution in [0, 0.1) is 0 Å². The van der Waals surface area contributed by atoms with E-state index in [2.05, 4.69) is 29.4 Å². The Labute approximate surface area is 181 Å². The third kappa shape index (κ3) is 5.62. The largest absolute Gasteiger partial charge is 0.488 e. The highest BCUT2D eigenvalue weighted by molar-refractivity contribution is 6.30. The number of amides is 2. The van der Waals surface area contributed by atoms with Gasteiger partial charge in [0.1, 0.15) is 12.4 Å². The predicted molar refractivity (Wildman–Crippen MR) is 120 cm³/mol. The summed E-state index contributed by atoms with van der Waals surface area (Å²) < 4.78 is 5.63. The molecule has 1 aliphatic heterocycles. The van der Waals surface area contributed by atoms with Crippen LogP contribution in [0.15, 0.2) is 48.0 Å². The summed E-state index contributed by atoms with van der Waals surface area (Å²) in [6, 6.07) is 12.1. The summed E-state index contributed by atoms with van der Waals surface area (Å²) in [5.74, 6) is 0.321. The lowest BCUT2D eigenvalue weighted by Crippen LogP contribution is -2.34. The van der Waals surface area contributed by atoms with E-state index in [4.69, 9.17) is 16.3 Å². The zero-order valence-electron chi connectivity index (χ0n) is 17.2. The number of benzene rings is 2. The zero-order chi connectivity index (χ0) is 21.5. The lowest BCUT2D eigenvalue weighted by atomic mass is 10.1. The minimum Gasteiger partial charge on any atom is -0.488 e. The van der Waals surface area contributed by atoms with Crippen LogP contribution in [0.4, 0.5) is 5.69 Å². The highest BCUT2D eigenvalue weighted by Gasteiger charge is 2.18. The predicted octanol–water partition coefficient (Wildman–Crippen LogP) is 3.83. The minimum atomic E-state index is -0.253. The van der Waals surface area contributed by atoms with Crippen LogP contribution in [-0.2, 0) is 4.79 Å². The molecule has 30 heavy (non-hydrogen) atoms. The van der Waals surface area contributed by atoms with Gasteiger partial charge in [-0.05, 0) is 61.6 Å². The second kappa shape index (κ2) is 10.3. The average molecular weight is 428 g/mol. The molecule has 0 saturated carbocycles. The molecule has 2 aromatic carbocycles. The topological polar surface area (TPSA) is 70.7 Å². The summed E-state index contributed by atoms with van der Waals surface area (Å²) in [7, 11) is 0. The summed E-state index contributed by atoms with van der Waals surface area (Å²) in [5, 5.41) is 6.34. The monoisotopic (exact) mass is 427 g/mol. The van der Waals surface area contributed by atoms with E-state index in [0.717, 1.165) is 25.2 Å². The molecule has 0 atom stereocenters. The SMILES string of the molecule is CCN(CC)CCNC(=O)c1ccc(NC(=O)C2=Cc3cc(Cl)ccc3OC2)cc1. The highest BCUT2D eigenvalue weighted by atomic mass is 35.5. The van der Waals surface area contributed by atoms with Gasteiger partial charge in [0.25, 0.3) is 11.8 Å². The molecule has 0 unspecified atom stereocenters. The number of nitrogens with one attached hydrogen (secondary N) is 2. The number of carbonyl (C=O) groups excluding carboxylic acids is 2. The van der Waals surface area contributed by atoms with E-state index in [1.165, 1.54) is 0 Å². The van der Waals surface area contributed by atoms with Crippen LogP contribution in [0.5, 0.6) is 5.75 Å². The zero-order valence-corrected chi connectivity index (χ0v) is 18.0. The molecule has 1 heterocycles. The first-order valence-corrected chi connectivity index (χ1v) is 10.4. The van der Waals surface area contributed by atoms with Crippen molar-refractivity contribution in [3.05, 3.63) is 64.2 Å². The van der Waals surface area contributed by atoms with E-state index < -0.39 is 0 Å². The van der Waals surface area contributed by atoms with Crippen molar-refractivity contribution in [3.8, 4) is 5.75 Å². The second-order valence-corrected chi connectivity index (χ2v) is 7.39. The summed E-state index contributed by atoms with van der Waals surface area (Å²) in [5.41, 5.74) is 2.44. The van der Waals surface area contributed by atoms with Gasteiger partial charge in [-0.1, -0.05) is 25.4 Å². The Morgan fingerprint density at radius 1 is 1.07 bits per heavy atom. The molecule has 0 aromatic heterocycles. The van der Waals surface area contributed by atoms with Crippen LogP contribution >= 0.6 is 11.6 Å². The molecule has 3 rings (SSSR count). The van der Waals surface area contributed by atoms with E-state index >= 15 is 0 Å². The standard InChI is InChI=1S/C23H26ClN3O3/c1-3-27(4-2)12-11-25-22(28)16-5-8-20(9-6-16)26-23(29)18-13-17-14-19(24)7-10-21(17)30-15-18/h5-10,13-14H,3-4,11-12,15H2,1-2H3,(H,25,28)(H,26,29). The molecule has 7 heteroatoms. The van der Waals surface area contributed by atoms with Gasteiger partial charge in [-0.25, -0.2) is 0 Å². The molecule has 2 N–H and O–H groups in total. The maximum atomic E-state index is 12.6. The van der Waals surface area contributed by atoms with Gasteiger partial charge in [-0.15, -0.1) is 0 Å². The quantitative estimate of drug-likeness (QED) is 0.671. The smallest absolute Gasteiger partial charge is 0.255 e. The van der Waals surface area contributed by atoms with Gasteiger partial charge >= 0.3 is 0 Å². The maximum absolute atomic E-state index is 12.6. The van der Waals surface area contributed by atoms with Gasteiger partial charge in [0.05, 0.1) is 5.57 Å². The molecule has 2 amide bonds. The first kappa shape index (κ1) is 21.9.